The van der Waals surface area contributed by atoms with E-state index in [1.165, 1.54) is 12.7 Å². The van der Waals surface area contributed by atoms with E-state index in [1.54, 1.807) is 0 Å². The molecule has 120 valence electrons. The van der Waals surface area contributed by atoms with Gasteiger partial charge in [-0.1, -0.05) is 0 Å². The van der Waals surface area contributed by atoms with Crippen molar-refractivity contribution in [2.45, 2.75) is 18.3 Å². The summed E-state index contributed by atoms with van der Waals surface area (Å²) in [5, 5.41) is 3.70. The molecule has 6 nitrogen and oxygen atoms in total. The van der Waals surface area contributed by atoms with Crippen LogP contribution >= 0.6 is 0 Å². The predicted molar refractivity (Wildman–Crippen MR) is 58.3 cm³/mol. The highest BCUT2D eigenvalue weighted by Crippen LogP contribution is 2.35. The van der Waals surface area contributed by atoms with Crippen LogP contribution in [-0.4, -0.2) is 49.6 Å². The van der Waals surface area contributed by atoms with Crippen molar-refractivity contribution in [2.24, 2.45) is 0 Å². The minimum Gasteiger partial charge on any atom is -0.471 e. The molecule has 0 spiro atoms. The molecule has 0 amide bonds. The molecular weight excluding hydrogens is 320 g/mol. The number of aromatic nitrogens is 5. The van der Waals surface area contributed by atoms with Crippen LogP contribution in [0.5, 0.6) is 5.88 Å². The standard InChI is InChI=1S/C10H7F6N5O/c11-8(10(14,15)16)9(12,13)2-22-7-1-6(18-4-19-7)21-5-17-3-20-21/h1,3-5,8H,2H2. The van der Waals surface area contributed by atoms with E-state index in [4.69, 9.17) is 0 Å². The molecule has 0 radical (unpaired) electrons. The number of halogens is 6. The van der Waals surface area contributed by atoms with E-state index in [0.717, 1.165) is 17.1 Å². The fourth-order valence-electron chi connectivity index (χ4n) is 1.34. The Bertz CT molecular complexity index is 617. The van der Waals surface area contributed by atoms with E-state index in [-0.39, 0.29) is 5.82 Å². The Hall–Kier alpha value is -2.40. The zero-order valence-electron chi connectivity index (χ0n) is 10.5. The average molecular weight is 327 g/mol. The number of ether oxygens (including phenoxy) is 1. The van der Waals surface area contributed by atoms with E-state index in [0.29, 0.717) is 0 Å². The van der Waals surface area contributed by atoms with Crippen LogP contribution < -0.4 is 4.74 Å². The summed E-state index contributed by atoms with van der Waals surface area (Å²) in [6.07, 6.45) is -6.70. The molecule has 0 aromatic carbocycles. The summed E-state index contributed by atoms with van der Waals surface area (Å²) in [6.45, 7) is -1.83. The van der Waals surface area contributed by atoms with Crippen LogP contribution in [0.1, 0.15) is 0 Å². The molecule has 1 atom stereocenters. The molecule has 0 aliphatic rings. The summed E-state index contributed by atoms with van der Waals surface area (Å²) in [4.78, 5) is 10.8. The molecule has 2 heterocycles. The van der Waals surface area contributed by atoms with Crippen molar-refractivity contribution < 1.29 is 31.1 Å². The van der Waals surface area contributed by atoms with Crippen molar-refractivity contribution in [1.29, 1.82) is 0 Å². The number of hydrogen-bond acceptors (Lipinski definition) is 5. The number of hydrogen-bond donors (Lipinski definition) is 0. The van der Waals surface area contributed by atoms with Crippen molar-refractivity contribution in [3.8, 4) is 11.7 Å². The summed E-state index contributed by atoms with van der Waals surface area (Å²) in [5.74, 6) is -5.13. The van der Waals surface area contributed by atoms with E-state index in [9.17, 15) is 26.3 Å². The highest BCUT2D eigenvalue weighted by atomic mass is 19.4. The third kappa shape index (κ3) is 3.62. The van der Waals surface area contributed by atoms with Gasteiger partial charge in [-0.25, -0.2) is 24.0 Å². The van der Waals surface area contributed by atoms with Gasteiger partial charge in [-0.2, -0.15) is 27.1 Å². The molecular formula is C10H7F6N5O. The van der Waals surface area contributed by atoms with Crippen LogP contribution in [0.3, 0.4) is 0 Å². The van der Waals surface area contributed by atoms with Crippen molar-refractivity contribution in [3.05, 3.63) is 25.0 Å². The average Bonchev–Trinajstić information content (AvgIpc) is 2.98. The number of rotatable bonds is 5. The molecule has 0 bridgehead atoms. The summed E-state index contributed by atoms with van der Waals surface area (Å²) in [6, 6.07) is 1.03. The normalized spacial score (nSPS) is 13.9. The highest BCUT2D eigenvalue weighted by molar-refractivity contribution is 5.24. The van der Waals surface area contributed by atoms with Crippen molar-refractivity contribution in [1.82, 2.24) is 24.7 Å². The maximum atomic E-state index is 13.1. The summed E-state index contributed by atoms with van der Waals surface area (Å²) in [7, 11) is 0. The van der Waals surface area contributed by atoms with E-state index < -0.39 is 30.8 Å². The van der Waals surface area contributed by atoms with Gasteiger partial charge in [0.1, 0.15) is 19.0 Å². The molecule has 0 aliphatic heterocycles. The number of alkyl halides is 6. The van der Waals surface area contributed by atoms with Gasteiger partial charge in [-0.15, -0.1) is 0 Å². The molecule has 2 aromatic rings. The molecule has 2 rings (SSSR count). The van der Waals surface area contributed by atoms with Crippen LogP contribution in [-0.2, 0) is 0 Å². The second kappa shape index (κ2) is 5.77. The Balaban J connectivity index is 2.07. The van der Waals surface area contributed by atoms with E-state index in [1.807, 2.05) is 0 Å². The van der Waals surface area contributed by atoms with Gasteiger partial charge in [0.15, 0.2) is 12.4 Å². The van der Waals surface area contributed by atoms with Gasteiger partial charge in [0.2, 0.25) is 5.88 Å². The first-order valence-electron chi connectivity index (χ1n) is 5.58. The lowest BCUT2D eigenvalue weighted by Gasteiger charge is -2.22. The monoisotopic (exact) mass is 327 g/mol. The first-order valence-corrected chi connectivity index (χ1v) is 5.58. The van der Waals surface area contributed by atoms with Crippen molar-refractivity contribution >= 4 is 0 Å². The van der Waals surface area contributed by atoms with Gasteiger partial charge in [0, 0.05) is 6.07 Å². The number of nitrogens with zero attached hydrogens (tertiary/aromatic N) is 5. The minimum atomic E-state index is -5.69. The molecule has 0 N–H and O–H groups in total. The minimum absolute atomic E-state index is 0.0819. The second-order valence-electron chi connectivity index (χ2n) is 4.01. The van der Waals surface area contributed by atoms with E-state index in [2.05, 4.69) is 24.8 Å². The van der Waals surface area contributed by atoms with Gasteiger partial charge < -0.3 is 4.74 Å². The summed E-state index contributed by atoms with van der Waals surface area (Å²) < 4.78 is 80.3. The van der Waals surface area contributed by atoms with Crippen LogP contribution in [0, 0.1) is 0 Å². The van der Waals surface area contributed by atoms with Gasteiger partial charge in [0.05, 0.1) is 0 Å². The molecule has 0 fully saturated rings. The smallest absolute Gasteiger partial charge is 0.425 e. The van der Waals surface area contributed by atoms with Crippen LogP contribution in [0.15, 0.2) is 25.0 Å². The Morgan fingerprint density at radius 2 is 1.86 bits per heavy atom. The molecule has 12 heteroatoms. The molecule has 0 saturated heterocycles. The Morgan fingerprint density at radius 1 is 1.14 bits per heavy atom. The third-order valence-electron chi connectivity index (χ3n) is 2.35. The molecule has 22 heavy (non-hydrogen) atoms. The molecule has 1 unspecified atom stereocenters. The SMILES string of the molecule is FC(C(F)(F)F)C(F)(F)COc1cc(-n2cncn2)ncn1. The fraction of sp³-hybridized carbons (Fsp3) is 0.400. The summed E-state index contributed by atoms with van der Waals surface area (Å²) in [5.41, 5.74) is 0. The van der Waals surface area contributed by atoms with Crippen LogP contribution in [0.4, 0.5) is 26.3 Å². The lowest BCUT2D eigenvalue weighted by molar-refractivity contribution is -0.250. The summed E-state index contributed by atoms with van der Waals surface area (Å²) >= 11 is 0. The zero-order chi connectivity index (χ0) is 16.4. The predicted octanol–water partition coefficient (Wildman–Crippen LogP) is 1.97. The highest BCUT2D eigenvalue weighted by Gasteiger charge is 2.57. The lowest BCUT2D eigenvalue weighted by Crippen LogP contribution is -2.45. The molecule has 0 saturated carbocycles. The Morgan fingerprint density at radius 3 is 2.45 bits per heavy atom. The first-order chi connectivity index (χ1) is 10.2. The Labute approximate surface area is 118 Å². The van der Waals surface area contributed by atoms with Gasteiger partial charge in [0.25, 0.3) is 6.17 Å². The topological polar surface area (TPSA) is 65.7 Å². The molecule has 2 aromatic heterocycles. The van der Waals surface area contributed by atoms with Gasteiger partial charge in [-0.05, 0) is 0 Å². The second-order valence-corrected chi connectivity index (χ2v) is 4.01. The Kier molecular flexibility index (Phi) is 4.19. The van der Waals surface area contributed by atoms with E-state index >= 15 is 0 Å². The van der Waals surface area contributed by atoms with Gasteiger partial charge >= 0.3 is 12.1 Å². The van der Waals surface area contributed by atoms with Crippen LogP contribution in [0.2, 0.25) is 0 Å². The van der Waals surface area contributed by atoms with Crippen molar-refractivity contribution in [3.63, 3.8) is 0 Å². The maximum Gasteiger partial charge on any atom is 0.425 e. The maximum absolute atomic E-state index is 13.1. The largest absolute Gasteiger partial charge is 0.471 e. The zero-order valence-corrected chi connectivity index (χ0v) is 10.5. The fourth-order valence-corrected chi connectivity index (χ4v) is 1.34. The quantitative estimate of drug-likeness (QED) is 0.786. The van der Waals surface area contributed by atoms with Crippen LogP contribution in [0.25, 0.3) is 5.82 Å². The van der Waals surface area contributed by atoms with Crippen molar-refractivity contribution in [2.75, 3.05) is 6.61 Å². The molecule has 0 aliphatic carbocycles. The first kappa shape index (κ1) is 16.0. The third-order valence-corrected chi connectivity index (χ3v) is 2.35. The lowest BCUT2D eigenvalue weighted by atomic mass is 10.2. The van der Waals surface area contributed by atoms with Gasteiger partial charge in [-0.3, -0.25) is 0 Å².